The van der Waals surface area contributed by atoms with E-state index < -0.39 is 11.8 Å². The van der Waals surface area contributed by atoms with Gasteiger partial charge >= 0.3 is 5.97 Å². The van der Waals surface area contributed by atoms with E-state index in [-0.39, 0.29) is 6.61 Å². The summed E-state index contributed by atoms with van der Waals surface area (Å²) in [6.45, 7) is 3.13. The molecule has 5 heterocycles. The molecule has 12 heteroatoms. The summed E-state index contributed by atoms with van der Waals surface area (Å²) in [5.74, 6) is 0.376. The Kier molecular flexibility index (Phi) is 7.62. The fourth-order valence-electron chi connectivity index (χ4n) is 5.78. The van der Waals surface area contributed by atoms with Gasteiger partial charge in [-0.05, 0) is 63.0 Å². The van der Waals surface area contributed by atoms with Crippen LogP contribution in [-0.4, -0.2) is 53.2 Å². The number of hydrogen-bond donors (Lipinski definition) is 1. The van der Waals surface area contributed by atoms with Gasteiger partial charge in [0.2, 0.25) is 5.88 Å². The molecule has 1 N–H and O–H groups in total. The maximum absolute atomic E-state index is 14.2. The maximum Gasteiger partial charge on any atom is 0.346 e. The normalized spacial score (nSPS) is 16.2. The van der Waals surface area contributed by atoms with Gasteiger partial charge in [0.25, 0.3) is 0 Å². The third-order valence-electron chi connectivity index (χ3n) is 8.25. The number of thiophene rings is 1. The summed E-state index contributed by atoms with van der Waals surface area (Å²) in [6.07, 6.45) is 8.00. The number of piperidine rings is 1. The second-order valence-corrected chi connectivity index (χ2v) is 12.7. The van der Waals surface area contributed by atoms with Gasteiger partial charge < -0.3 is 19.0 Å². The molecule has 9 nitrogen and oxygen atoms in total. The van der Waals surface area contributed by atoms with Crippen LogP contribution in [-0.2, 0) is 19.7 Å². The maximum atomic E-state index is 14.2. The first-order chi connectivity index (χ1) is 20.9. The van der Waals surface area contributed by atoms with E-state index in [0.717, 1.165) is 66.3 Å². The predicted molar refractivity (Wildman–Crippen MR) is 161 cm³/mol. The molecular weight excluding hydrogens is 591 g/mol. The fourth-order valence-corrected chi connectivity index (χ4v) is 6.83. The highest BCUT2D eigenvalue weighted by atomic mass is 35.5. The predicted octanol–water partition coefficient (Wildman–Crippen LogP) is 6.52. The van der Waals surface area contributed by atoms with Gasteiger partial charge in [0.1, 0.15) is 28.0 Å². The lowest BCUT2D eigenvalue weighted by molar-refractivity contribution is 0.0702. The van der Waals surface area contributed by atoms with Gasteiger partial charge in [0.15, 0.2) is 0 Å². The summed E-state index contributed by atoms with van der Waals surface area (Å²) in [4.78, 5) is 29.1. The Balaban J connectivity index is 1.03. The van der Waals surface area contributed by atoms with E-state index in [0.29, 0.717) is 46.4 Å². The Bertz CT molecular complexity index is 1790. The van der Waals surface area contributed by atoms with E-state index in [9.17, 15) is 14.3 Å². The summed E-state index contributed by atoms with van der Waals surface area (Å²) < 4.78 is 24.4. The number of halogens is 2. The molecule has 0 atom stereocenters. The van der Waals surface area contributed by atoms with Gasteiger partial charge in [0, 0.05) is 40.5 Å². The first-order valence-electron chi connectivity index (χ1n) is 14.4. The van der Waals surface area contributed by atoms with E-state index in [1.165, 1.54) is 17.4 Å². The van der Waals surface area contributed by atoms with Gasteiger partial charge in [-0.3, -0.25) is 4.90 Å². The Labute approximate surface area is 256 Å². The molecule has 2 aliphatic rings. The molecule has 222 valence electrons. The summed E-state index contributed by atoms with van der Waals surface area (Å²) in [7, 11) is 0. The number of carboxylic acid groups (broad SMARTS) is 1. The zero-order chi connectivity index (χ0) is 29.5. The van der Waals surface area contributed by atoms with Crippen molar-refractivity contribution in [1.82, 2.24) is 29.0 Å². The van der Waals surface area contributed by atoms with Crippen LogP contribution >= 0.6 is 22.9 Å². The average Bonchev–Trinajstić information content (AvgIpc) is 3.45. The number of benzene rings is 1. The summed E-state index contributed by atoms with van der Waals surface area (Å²) in [5, 5.41) is 9.92. The Morgan fingerprint density at radius 1 is 1.09 bits per heavy atom. The van der Waals surface area contributed by atoms with Crippen LogP contribution < -0.4 is 4.74 Å². The molecule has 0 bridgehead atoms. The first-order valence-corrected chi connectivity index (χ1v) is 15.6. The van der Waals surface area contributed by atoms with Crippen molar-refractivity contribution in [3.05, 3.63) is 93.5 Å². The number of rotatable bonds is 10. The molecular formula is C31H30ClFN6O3S. The molecule has 2 fully saturated rings. The zero-order valence-corrected chi connectivity index (χ0v) is 24.9. The molecule has 1 aliphatic heterocycles. The molecule has 1 aromatic carbocycles. The third kappa shape index (κ3) is 6.02. The summed E-state index contributed by atoms with van der Waals surface area (Å²) in [5.41, 5.74) is 3.37. The number of aromatic nitrogens is 5. The van der Waals surface area contributed by atoms with Gasteiger partial charge in [-0.15, -0.1) is 11.3 Å². The topological polar surface area (TPSA) is 98.3 Å². The van der Waals surface area contributed by atoms with Crippen LogP contribution in [0.2, 0.25) is 5.02 Å². The zero-order valence-electron chi connectivity index (χ0n) is 23.3. The number of ether oxygens (including phenoxy) is 1. The molecule has 0 amide bonds. The van der Waals surface area contributed by atoms with Crippen molar-refractivity contribution < 1.29 is 19.0 Å². The quantitative estimate of drug-likeness (QED) is 0.190. The largest absolute Gasteiger partial charge is 0.477 e. The smallest absolute Gasteiger partial charge is 0.346 e. The highest BCUT2D eigenvalue weighted by Crippen LogP contribution is 2.36. The van der Waals surface area contributed by atoms with Crippen LogP contribution in [0, 0.1) is 5.82 Å². The molecule has 43 heavy (non-hydrogen) atoms. The summed E-state index contributed by atoms with van der Waals surface area (Å²) in [6, 6.07) is 12.6. The number of nitrogens with zero attached hydrogens (tertiary/aromatic N) is 6. The van der Waals surface area contributed by atoms with Crippen molar-refractivity contribution in [3.63, 3.8) is 0 Å². The van der Waals surface area contributed by atoms with Crippen LogP contribution in [0.15, 0.2) is 55.0 Å². The van der Waals surface area contributed by atoms with Gasteiger partial charge in [0.05, 0.1) is 30.6 Å². The van der Waals surface area contributed by atoms with Crippen LogP contribution in [0.25, 0.3) is 10.3 Å². The molecule has 0 radical (unpaired) electrons. The highest BCUT2D eigenvalue weighted by molar-refractivity contribution is 7.20. The fraction of sp³-hybridized carbons (Fsp3) is 0.355. The number of aromatic carboxylic acids is 1. The van der Waals surface area contributed by atoms with Gasteiger partial charge in [-0.1, -0.05) is 23.7 Å². The number of imidazole rings is 2. The second kappa shape index (κ2) is 11.7. The van der Waals surface area contributed by atoms with E-state index in [1.54, 1.807) is 24.3 Å². The lowest BCUT2D eigenvalue weighted by atomic mass is 9.93. The van der Waals surface area contributed by atoms with E-state index in [4.69, 9.17) is 26.3 Å². The number of fused-ring (bicyclic) bond motifs is 1. The Morgan fingerprint density at radius 2 is 1.93 bits per heavy atom. The number of likely N-dealkylation sites (tertiary alicyclic amines) is 1. The minimum atomic E-state index is -0.929. The minimum absolute atomic E-state index is 0.0808. The molecule has 5 aromatic rings. The van der Waals surface area contributed by atoms with Crippen LogP contribution in [0.3, 0.4) is 0 Å². The Hall–Kier alpha value is -3.80. The molecule has 4 aromatic heterocycles. The average molecular weight is 621 g/mol. The second-order valence-electron chi connectivity index (χ2n) is 11.2. The van der Waals surface area contributed by atoms with Crippen LogP contribution in [0.4, 0.5) is 4.39 Å². The number of pyridine rings is 1. The van der Waals surface area contributed by atoms with Crippen molar-refractivity contribution in [2.45, 2.75) is 57.3 Å². The molecule has 1 aliphatic carbocycles. The number of carbonyl (C=O) groups is 1. The van der Waals surface area contributed by atoms with Gasteiger partial charge in [-0.2, -0.15) is 0 Å². The molecule has 0 unspecified atom stereocenters. The standard InChI is InChI=1S/C31H30ClFN6O3S/c32-21-5-4-20(24(33)12-21)17-42-29-3-1-2-25(35-29)19-8-10-37(11-9-19)16-28-36-30-26(13-27(43-30)31(40)41)38(28)15-23-14-34-18-39(23)22-6-7-22/h1-5,12-14,18-19,22H,6-11,15-17H2,(H,40,41). The number of hydrogen-bond acceptors (Lipinski definition) is 7. The van der Waals surface area contributed by atoms with E-state index >= 15 is 0 Å². The van der Waals surface area contributed by atoms with Crippen molar-refractivity contribution in [2.75, 3.05) is 13.1 Å². The van der Waals surface area contributed by atoms with Crippen molar-refractivity contribution >= 4 is 39.3 Å². The minimum Gasteiger partial charge on any atom is -0.477 e. The van der Waals surface area contributed by atoms with E-state index in [1.807, 2.05) is 24.7 Å². The lowest BCUT2D eigenvalue weighted by Gasteiger charge is -2.31. The van der Waals surface area contributed by atoms with E-state index in [2.05, 4.69) is 19.0 Å². The molecule has 1 saturated carbocycles. The monoisotopic (exact) mass is 620 g/mol. The first kappa shape index (κ1) is 28.0. The Morgan fingerprint density at radius 3 is 2.70 bits per heavy atom. The number of carboxylic acids is 1. The summed E-state index contributed by atoms with van der Waals surface area (Å²) >= 11 is 7.08. The lowest BCUT2D eigenvalue weighted by Crippen LogP contribution is -2.33. The van der Waals surface area contributed by atoms with Gasteiger partial charge in [-0.25, -0.2) is 24.1 Å². The molecule has 7 rings (SSSR count). The van der Waals surface area contributed by atoms with Crippen molar-refractivity contribution in [1.29, 1.82) is 0 Å². The van der Waals surface area contributed by atoms with Crippen LogP contribution in [0.1, 0.15) is 70.1 Å². The SMILES string of the molecule is O=C(O)c1cc2c(nc(CN3CCC(c4cccc(OCc5ccc(Cl)cc5F)n4)CC3)n2Cc2cncn2C2CC2)s1. The molecule has 1 saturated heterocycles. The van der Waals surface area contributed by atoms with Crippen molar-refractivity contribution in [3.8, 4) is 5.88 Å². The molecule has 0 spiro atoms. The van der Waals surface area contributed by atoms with Crippen molar-refractivity contribution in [2.24, 2.45) is 0 Å². The van der Waals surface area contributed by atoms with Crippen LogP contribution in [0.5, 0.6) is 5.88 Å². The third-order valence-corrected chi connectivity index (χ3v) is 9.49. The highest BCUT2D eigenvalue weighted by Gasteiger charge is 2.28.